The van der Waals surface area contributed by atoms with Crippen LogP contribution in [0.25, 0.3) is 0 Å². The van der Waals surface area contributed by atoms with E-state index in [-0.39, 0.29) is 17.5 Å². The molecule has 0 bridgehead atoms. The molecule has 94 valence electrons. The maximum atomic E-state index is 13.4. The van der Waals surface area contributed by atoms with Crippen LogP contribution in [0.2, 0.25) is 0 Å². The molecule has 0 radical (unpaired) electrons. The number of nitrogens with zero attached hydrogens (tertiary/aromatic N) is 2. The summed E-state index contributed by atoms with van der Waals surface area (Å²) in [4.78, 5) is 16.5. The predicted octanol–water partition coefficient (Wildman–Crippen LogP) is 2.48. The van der Waals surface area contributed by atoms with Gasteiger partial charge in [0.15, 0.2) is 5.82 Å². The van der Waals surface area contributed by atoms with E-state index in [4.69, 9.17) is 0 Å². The smallest absolute Gasteiger partial charge is 0.257 e. The van der Waals surface area contributed by atoms with Crippen LogP contribution in [-0.2, 0) is 0 Å². The summed E-state index contributed by atoms with van der Waals surface area (Å²) in [7, 11) is 1.57. The molecule has 0 fully saturated rings. The van der Waals surface area contributed by atoms with Gasteiger partial charge in [-0.25, -0.2) is 9.37 Å². The fourth-order valence-electron chi connectivity index (χ4n) is 1.41. The van der Waals surface area contributed by atoms with Gasteiger partial charge in [0, 0.05) is 19.3 Å². The zero-order valence-electron chi connectivity index (χ0n) is 10.4. The van der Waals surface area contributed by atoms with Crippen molar-refractivity contribution in [2.75, 3.05) is 7.05 Å². The molecular weight excluding hydrogens is 226 g/mol. The van der Waals surface area contributed by atoms with Gasteiger partial charge in [-0.05, 0) is 18.9 Å². The SMILES string of the molecule is CC(C)C(C)N(C)C(=O)c1ccnc(F)c1F. The Balaban J connectivity index is 3.01. The standard InChI is InChI=1S/C12H16F2N2O/c1-7(2)8(3)16(4)12(17)9-5-6-15-11(14)10(9)13/h5-8H,1-4H3. The number of aromatic nitrogens is 1. The molecule has 1 unspecified atom stereocenters. The third-order valence-corrected chi connectivity index (χ3v) is 2.97. The first kappa shape index (κ1) is 13.5. The van der Waals surface area contributed by atoms with Crippen LogP contribution in [0, 0.1) is 17.7 Å². The van der Waals surface area contributed by atoms with Gasteiger partial charge in [0.05, 0.1) is 5.56 Å². The molecular formula is C12H16F2N2O. The Labute approximate surface area is 99.5 Å². The van der Waals surface area contributed by atoms with Gasteiger partial charge in [-0.2, -0.15) is 4.39 Å². The summed E-state index contributed by atoms with van der Waals surface area (Å²) < 4.78 is 26.3. The van der Waals surface area contributed by atoms with Crippen LogP contribution in [0.5, 0.6) is 0 Å². The van der Waals surface area contributed by atoms with Crippen LogP contribution in [0.15, 0.2) is 12.3 Å². The fourth-order valence-corrected chi connectivity index (χ4v) is 1.41. The zero-order chi connectivity index (χ0) is 13.2. The average molecular weight is 242 g/mol. The third-order valence-electron chi connectivity index (χ3n) is 2.97. The monoisotopic (exact) mass is 242 g/mol. The molecule has 1 rings (SSSR count). The Morgan fingerprint density at radius 3 is 2.47 bits per heavy atom. The lowest BCUT2D eigenvalue weighted by Gasteiger charge is -2.28. The molecule has 0 saturated heterocycles. The highest BCUT2D eigenvalue weighted by molar-refractivity contribution is 5.94. The number of hydrogen-bond acceptors (Lipinski definition) is 2. The van der Waals surface area contributed by atoms with Crippen LogP contribution < -0.4 is 0 Å². The van der Waals surface area contributed by atoms with E-state index in [0.717, 1.165) is 6.20 Å². The number of pyridine rings is 1. The van der Waals surface area contributed by atoms with Crippen LogP contribution in [0.1, 0.15) is 31.1 Å². The van der Waals surface area contributed by atoms with Crippen molar-refractivity contribution in [3.05, 3.63) is 29.6 Å². The van der Waals surface area contributed by atoms with Crippen molar-refractivity contribution in [2.45, 2.75) is 26.8 Å². The molecule has 3 nitrogen and oxygen atoms in total. The fraction of sp³-hybridized carbons (Fsp3) is 0.500. The number of carbonyl (C=O) groups excluding carboxylic acids is 1. The first-order valence-electron chi connectivity index (χ1n) is 5.43. The molecule has 0 aromatic carbocycles. The van der Waals surface area contributed by atoms with Crippen molar-refractivity contribution < 1.29 is 13.6 Å². The van der Waals surface area contributed by atoms with Crippen LogP contribution in [-0.4, -0.2) is 28.9 Å². The highest BCUT2D eigenvalue weighted by Gasteiger charge is 2.23. The van der Waals surface area contributed by atoms with Crippen LogP contribution in [0.4, 0.5) is 8.78 Å². The van der Waals surface area contributed by atoms with Crippen molar-refractivity contribution in [1.29, 1.82) is 0 Å². The van der Waals surface area contributed by atoms with Crippen molar-refractivity contribution in [1.82, 2.24) is 9.88 Å². The second-order valence-electron chi connectivity index (χ2n) is 4.36. The number of hydrogen-bond donors (Lipinski definition) is 0. The highest BCUT2D eigenvalue weighted by Crippen LogP contribution is 2.15. The molecule has 1 heterocycles. The third kappa shape index (κ3) is 2.78. The van der Waals surface area contributed by atoms with Crippen molar-refractivity contribution in [3.8, 4) is 0 Å². The number of rotatable bonds is 3. The predicted molar refractivity (Wildman–Crippen MR) is 60.5 cm³/mol. The van der Waals surface area contributed by atoms with Crippen LogP contribution in [0.3, 0.4) is 0 Å². The Bertz CT molecular complexity index is 421. The van der Waals surface area contributed by atoms with Gasteiger partial charge in [-0.3, -0.25) is 4.79 Å². The quantitative estimate of drug-likeness (QED) is 0.763. The van der Waals surface area contributed by atoms with Crippen LogP contribution >= 0.6 is 0 Å². The first-order valence-corrected chi connectivity index (χ1v) is 5.43. The van der Waals surface area contributed by atoms with Gasteiger partial charge in [0.2, 0.25) is 5.95 Å². The molecule has 0 spiro atoms. The first-order chi connectivity index (χ1) is 7.86. The van der Waals surface area contributed by atoms with E-state index < -0.39 is 17.7 Å². The van der Waals surface area contributed by atoms with E-state index in [1.807, 2.05) is 20.8 Å². The summed E-state index contributed by atoms with van der Waals surface area (Å²) in [6, 6.07) is 1.13. The molecule has 0 aliphatic carbocycles. The topological polar surface area (TPSA) is 33.2 Å². The van der Waals surface area contributed by atoms with E-state index >= 15 is 0 Å². The number of halogens is 2. The second kappa shape index (κ2) is 5.21. The normalized spacial score (nSPS) is 12.6. The van der Waals surface area contributed by atoms with Gasteiger partial charge in [0.25, 0.3) is 5.91 Å². The summed E-state index contributed by atoms with van der Waals surface area (Å²) in [6.07, 6.45) is 1.08. The molecule has 1 aromatic rings. The second-order valence-corrected chi connectivity index (χ2v) is 4.36. The maximum absolute atomic E-state index is 13.4. The minimum absolute atomic E-state index is 0.0573. The van der Waals surface area contributed by atoms with Crippen molar-refractivity contribution in [3.63, 3.8) is 0 Å². The lowest BCUT2D eigenvalue weighted by molar-refractivity contribution is 0.0701. The molecule has 0 aliphatic heterocycles. The Morgan fingerprint density at radius 1 is 1.35 bits per heavy atom. The van der Waals surface area contributed by atoms with E-state index in [2.05, 4.69) is 4.98 Å². The molecule has 17 heavy (non-hydrogen) atoms. The molecule has 1 amide bonds. The molecule has 0 saturated carbocycles. The largest absolute Gasteiger partial charge is 0.339 e. The molecule has 1 atom stereocenters. The number of amides is 1. The number of carbonyl (C=O) groups is 1. The zero-order valence-corrected chi connectivity index (χ0v) is 10.4. The van der Waals surface area contributed by atoms with Crippen molar-refractivity contribution >= 4 is 5.91 Å². The van der Waals surface area contributed by atoms with E-state index in [0.29, 0.717) is 0 Å². The average Bonchev–Trinajstić information content (AvgIpc) is 2.29. The highest BCUT2D eigenvalue weighted by atomic mass is 19.2. The molecule has 1 aromatic heterocycles. The van der Waals surface area contributed by atoms with Gasteiger partial charge < -0.3 is 4.90 Å². The Hall–Kier alpha value is -1.52. The van der Waals surface area contributed by atoms with Gasteiger partial charge in [0.1, 0.15) is 0 Å². The lowest BCUT2D eigenvalue weighted by Crippen LogP contribution is -2.38. The Kier molecular flexibility index (Phi) is 4.15. The maximum Gasteiger partial charge on any atom is 0.257 e. The molecule has 5 heteroatoms. The summed E-state index contributed by atoms with van der Waals surface area (Å²) in [5.41, 5.74) is -0.285. The summed E-state index contributed by atoms with van der Waals surface area (Å²) in [5.74, 6) is -2.74. The van der Waals surface area contributed by atoms with Gasteiger partial charge >= 0.3 is 0 Å². The minimum atomic E-state index is -1.25. The Morgan fingerprint density at radius 2 is 1.94 bits per heavy atom. The summed E-state index contributed by atoms with van der Waals surface area (Å²) >= 11 is 0. The minimum Gasteiger partial charge on any atom is -0.339 e. The van der Waals surface area contributed by atoms with Gasteiger partial charge in [-0.15, -0.1) is 0 Å². The van der Waals surface area contributed by atoms with E-state index in [1.165, 1.54) is 11.0 Å². The van der Waals surface area contributed by atoms with E-state index in [1.54, 1.807) is 7.05 Å². The van der Waals surface area contributed by atoms with Gasteiger partial charge in [-0.1, -0.05) is 13.8 Å². The lowest BCUT2D eigenvalue weighted by atomic mass is 10.0. The van der Waals surface area contributed by atoms with E-state index in [9.17, 15) is 13.6 Å². The summed E-state index contributed by atoms with van der Waals surface area (Å²) in [5, 5.41) is 0. The molecule has 0 N–H and O–H groups in total. The summed E-state index contributed by atoms with van der Waals surface area (Å²) in [6.45, 7) is 5.77. The van der Waals surface area contributed by atoms with Crippen molar-refractivity contribution in [2.24, 2.45) is 5.92 Å². The molecule has 0 aliphatic rings.